The molecule has 0 amide bonds. The largest absolute Gasteiger partial charge is 0.264 e. The number of sulfonamides is 1. The molecule has 0 aliphatic heterocycles. The molecule has 0 aliphatic carbocycles. The summed E-state index contributed by atoms with van der Waals surface area (Å²) >= 11 is 5.90. The van der Waals surface area contributed by atoms with Crippen molar-refractivity contribution in [3.63, 3.8) is 0 Å². The van der Waals surface area contributed by atoms with Gasteiger partial charge in [-0.1, -0.05) is 59.6 Å². The van der Waals surface area contributed by atoms with Gasteiger partial charge in [0.2, 0.25) is 0 Å². The summed E-state index contributed by atoms with van der Waals surface area (Å²) in [7, 11) is -3.71. The zero-order valence-electron chi connectivity index (χ0n) is 13.8. The predicted octanol–water partition coefficient (Wildman–Crippen LogP) is 5.04. The van der Waals surface area contributed by atoms with Gasteiger partial charge in [-0.15, -0.1) is 0 Å². The SMILES string of the molecule is Cc1cccc(CN(c2ccccc2)S(=O)(=O)c2ccc(Cl)cc2)c1. The maximum absolute atomic E-state index is 13.2. The van der Waals surface area contributed by atoms with Gasteiger partial charge in [-0.2, -0.15) is 0 Å². The molecular weight excluding hydrogens is 354 g/mol. The molecule has 25 heavy (non-hydrogen) atoms. The van der Waals surface area contributed by atoms with Gasteiger partial charge in [-0.3, -0.25) is 4.31 Å². The predicted molar refractivity (Wildman–Crippen MR) is 102 cm³/mol. The number of nitrogens with zero attached hydrogens (tertiary/aromatic N) is 1. The number of hydrogen-bond acceptors (Lipinski definition) is 2. The topological polar surface area (TPSA) is 37.4 Å². The minimum absolute atomic E-state index is 0.216. The van der Waals surface area contributed by atoms with Crippen LogP contribution in [0.1, 0.15) is 11.1 Å². The first-order valence-electron chi connectivity index (χ1n) is 7.86. The Morgan fingerprint density at radius 1 is 0.880 bits per heavy atom. The summed E-state index contributed by atoms with van der Waals surface area (Å²) in [6, 6.07) is 23.2. The number of rotatable bonds is 5. The Bertz CT molecular complexity index is 955. The van der Waals surface area contributed by atoms with Crippen LogP contribution in [0.4, 0.5) is 5.69 Å². The summed E-state index contributed by atoms with van der Waals surface area (Å²) in [6.45, 7) is 2.25. The highest BCUT2D eigenvalue weighted by molar-refractivity contribution is 7.92. The molecule has 0 heterocycles. The lowest BCUT2D eigenvalue weighted by Crippen LogP contribution is -2.30. The number of halogens is 1. The third-order valence-electron chi connectivity index (χ3n) is 3.85. The maximum Gasteiger partial charge on any atom is 0.264 e. The number of aryl methyl sites for hydroxylation is 1. The van der Waals surface area contributed by atoms with Crippen molar-refractivity contribution in [1.82, 2.24) is 0 Å². The van der Waals surface area contributed by atoms with Crippen LogP contribution in [0.15, 0.2) is 83.8 Å². The second kappa shape index (κ2) is 7.30. The fourth-order valence-corrected chi connectivity index (χ4v) is 4.20. The lowest BCUT2D eigenvalue weighted by atomic mass is 10.1. The van der Waals surface area contributed by atoms with Gasteiger partial charge in [0, 0.05) is 5.02 Å². The van der Waals surface area contributed by atoms with Crippen molar-refractivity contribution in [1.29, 1.82) is 0 Å². The fourth-order valence-electron chi connectivity index (χ4n) is 2.62. The molecule has 3 rings (SSSR count). The normalized spacial score (nSPS) is 11.3. The zero-order valence-corrected chi connectivity index (χ0v) is 15.3. The first kappa shape index (κ1) is 17.5. The highest BCUT2D eigenvalue weighted by Crippen LogP contribution is 2.26. The van der Waals surface area contributed by atoms with Gasteiger partial charge >= 0.3 is 0 Å². The van der Waals surface area contributed by atoms with Crippen molar-refractivity contribution in [3.8, 4) is 0 Å². The van der Waals surface area contributed by atoms with E-state index in [0.29, 0.717) is 10.7 Å². The number of benzene rings is 3. The number of para-hydroxylation sites is 1. The summed E-state index contributed by atoms with van der Waals surface area (Å²) in [5, 5.41) is 0.504. The zero-order chi connectivity index (χ0) is 17.9. The van der Waals surface area contributed by atoms with Crippen molar-refractivity contribution in [2.75, 3.05) is 4.31 Å². The Balaban J connectivity index is 2.06. The van der Waals surface area contributed by atoms with E-state index in [1.54, 1.807) is 24.3 Å². The molecule has 0 aliphatic rings. The smallest absolute Gasteiger partial charge is 0.262 e. The van der Waals surface area contributed by atoms with Crippen LogP contribution in [0.25, 0.3) is 0 Å². The molecule has 0 unspecified atom stereocenters. The van der Waals surface area contributed by atoms with Crippen molar-refractivity contribution in [2.24, 2.45) is 0 Å². The Kier molecular flexibility index (Phi) is 5.11. The summed E-state index contributed by atoms with van der Waals surface area (Å²) in [6.07, 6.45) is 0. The molecule has 5 heteroatoms. The molecular formula is C20H18ClNO2S. The Morgan fingerprint density at radius 3 is 2.20 bits per heavy atom. The first-order valence-corrected chi connectivity index (χ1v) is 9.67. The molecule has 0 fully saturated rings. The molecule has 128 valence electrons. The van der Waals surface area contributed by atoms with Gasteiger partial charge in [0.05, 0.1) is 17.1 Å². The third kappa shape index (κ3) is 4.03. The van der Waals surface area contributed by atoms with Gasteiger partial charge < -0.3 is 0 Å². The molecule has 0 atom stereocenters. The standard InChI is InChI=1S/C20H18ClNO2S/c1-16-6-5-7-17(14-16)15-22(19-8-3-2-4-9-19)25(23,24)20-12-10-18(21)11-13-20/h2-14H,15H2,1H3. The summed E-state index contributed by atoms with van der Waals surface area (Å²) < 4.78 is 27.9. The van der Waals surface area contributed by atoms with E-state index >= 15 is 0 Å². The van der Waals surface area contributed by atoms with E-state index in [1.165, 1.54) is 16.4 Å². The second-order valence-corrected chi connectivity index (χ2v) is 8.09. The average Bonchev–Trinajstić information content (AvgIpc) is 2.61. The molecule has 0 saturated heterocycles. The van der Waals surface area contributed by atoms with Gasteiger partial charge in [0.1, 0.15) is 0 Å². The highest BCUT2D eigenvalue weighted by Gasteiger charge is 2.25. The summed E-state index contributed by atoms with van der Waals surface area (Å²) in [5.74, 6) is 0. The van der Waals surface area contributed by atoms with Gasteiger partial charge in [-0.05, 0) is 48.9 Å². The van der Waals surface area contributed by atoms with Crippen LogP contribution in [0.5, 0.6) is 0 Å². The van der Waals surface area contributed by atoms with Crippen molar-refractivity contribution in [2.45, 2.75) is 18.4 Å². The second-order valence-electron chi connectivity index (χ2n) is 5.79. The van der Waals surface area contributed by atoms with Crippen LogP contribution in [-0.2, 0) is 16.6 Å². The lowest BCUT2D eigenvalue weighted by molar-refractivity contribution is 0.590. The van der Waals surface area contributed by atoms with Crippen LogP contribution >= 0.6 is 11.6 Å². The highest BCUT2D eigenvalue weighted by atomic mass is 35.5. The molecule has 0 N–H and O–H groups in total. The van der Waals surface area contributed by atoms with E-state index in [0.717, 1.165) is 11.1 Å². The quantitative estimate of drug-likeness (QED) is 0.629. The van der Waals surface area contributed by atoms with Crippen molar-refractivity contribution in [3.05, 3.63) is 95.0 Å². The Morgan fingerprint density at radius 2 is 1.56 bits per heavy atom. The Labute approximate surface area is 153 Å². The molecule has 3 aromatic carbocycles. The van der Waals surface area contributed by atoms with E-state index in [9.17, 15) is 8.42 Å². The summed E-state index contributed by atoms with van der Waals surface area (Å²) in [5.41, 5.74) is 2.65. The van der Waals surface area contributed by atoms with Crippen LogP contribution in [0, 0.1) is 6.92 Å². The van der Waals surface area contributed by atoms with Gasteiger partial charge in [-0.25, -0.2) is 8.42 Å². The molecule has 0 radical (unpaired) electrons. The number of hydrogen-bond donors (Lipinski definition) is 0. The van der Waals surface area contributed by atoms with E-state index in [1.807, 2.05) is 49.4 Å². The van der Waals surface area contributed by atoms with Crippen molar-refractivity contribution < 1.29 is 8.42 Å². The van der Waals surface area contributed by atoms with Crippen LogP contribution in [-0.4, -0.2) is 8.42 Å². The van der Waals surface area contributed by atoms with Crippen LogP contribution in [0.3, 0.4) is 0 Å². The molecule has 0 aromatic heterocycles. The average molecular weight is 372 g/mol. The van der Waals surface area contributed by atoms with E-state index in [4.69, 9.17) is 11.6 Å². The monoisotopic (exact) mass is 371 g/mol. The molecule has 3 nitrogen and oxygen atoms in total. The minimum Gasteiger partial charge on any atom is -0.262 e. The Hall–Kier alpha value is -2.30. The van der Waals surface area contributed by atoms with E-state index in [-0.39, 0.29) is 11.4 Å². The van der Waals surface area contributed by atoms with E-state index < -0.39 is 10.0 Å². The number of anilines is 1. The lowest BCUT2D eigenvalue weighted by Gasteiger charge is -2.25. The van der Waals surface area contributed by atoms with E-state index in [2.05, 4.69) is 0 Å². The van der Waals surface area contributed by atoms with Crippen LogP contribution in [0.2, 0.25) is 5.02 Å². The molecule has 0 saturated carbocycles. The molecule has 3 aromatic rings. The summed E-state index contributed by atoms with van der Waals surface area (Å²) in [4.78, 5) is 0.216. The first-order chi connectivity index (χ1) is 12.0. The third-order valence-corrected chi connectivity index (χ3v) is 5.89. The van der Waals surface area contributed by atoms with Crippen molar-refractivity contribution >= 4 is 27.3 Å². The fraction of sp³-hybridized carbons (Fsp3) is 0.100. The van der Waals surface area contributed by atoms with Gasteiger partial charge in [0.25, 0.3) is 10.0 Å². The molecule has 0 spiro atoms. The van der Waals surface area contributed by atoms with Gasteiger partial charge in [0.15, 0.2) is 0 Å². The maximum atomic E-state index is 13.2. The van der Waals surface area contributed by atoms with Crippen LogP contribution < -0.4 is 4.31 Å². The molecule has 0 bridgehead atoms. The minimum atomic E-state index is -3.71.